The van der Waals surface area contributed by atoms with Gasteiger partial charge in [-0.05, 0) is 129 Å². The number of aromatic nitrogens is 4. The van der Waals surface area contributed by atoms with Gasteiger partial charge in [-0.2, -0.15) is 0 Å². The average Bonchev–Trinajstić information content (AvgIpc) is 3.54. The molecule has 2 aliphatic heterocycles. The smallest absolute Gasteiger partial charge is 0.258 e. The van der Waals surface area contributed by atoms with Crippen molar-refractivity contribution in [3.05, 3.63) is 59.8 Å². The fourth-order valence-electron chi connectivity index (χ4n) is 8.33. The second-order valence-electron chi connectivity index (χ2n) is 15.1. The second-order valence-corrected chi connectivity index (χ2v) is 15.1. The molecule has 1 N–H and O–H groups in total. The van der Waals surface area contributed by atoms with E-state index in [9.17, 15) is 9.18 Å². The largest absolute Gasteiger partial charge is 0.451 e. The predicted octanol–water partition coefficient (Wildman–Crippen LogP) is 7.04. The highest BCUT2D eigenvalue weighted by Crippen LogP contribution is 2.45. The molecular weight excluding hydrogens is 619 g/mol. The van der Waals surface area contributed by atoms with Gasteiger partial charge in [0.15, 0.2) is 11.6 Å². The van der Waals surface area contributed by atoms with Crippen LogP contribution in [0.1, 0.15) is 94.4 Å². The topological polar surface area (TPSA) is 99.6 Å². The first-order chi connectivity index (χ1) is 23.5. The number of likely N-dealkylation sites (tertiary alicyclic amines) is 1. The number of ether oxygens (including phenoxy) is 1. The van der Waals surface area contributed by atoms with Crippen molar-refractivity contribution in [2.24, 2.45) is 11.3 Å². The molecule has 2 saturated heterocycles. The van der Waals surface area contributed by atoms with Gasteiger partial charge < -0.3 is 24.8 Å². The van der Waals surface area contributed by atoms with E-state index in [1.54, 1.807) is 17.4 Å². The number of hydrogen-bond acceptors (Lipinski definition) is 9. The fraction of sp³-hybridized carbons (Fsp3) is 0.605. The summed E-state index contributed by atoms with van der Waals surface area (Å²) in [5.74, 6) is 1.27. The van der Waals surface area contributed by atoms with Gasteiger partial charge in [-0.15, -0.1) is 0 Å². The molecule has 4 heterocycles. The Morgan fingerprint density at radius 3 is 2.33 bits per heavy atom. The van der Waals surface area contributed by atoms with Gasteiger partial charge in [0.25, 0.3) is 5.91 Å². The summed E-state index contributed by atoms with van der Waals surface area (Å²) in [5.41, 5.74) is 3.84. The van der Waals surface area contributed by atoms with E-state index in [1.165, 1.54) is 63.1 Å². The first-order valence-corrected chi connectivity index (χ1v) is 18.1. The van der Waals surface area contributed by atoms with Gasteiger partial charge in [-0.25, -0.2) is 24.3 Å². The van der Waals surface area contributed by atoms with Gasteiger partial charge in [0, 0.05) is 37.8 Å². The zero-order valence-corrected chi connectivity index (χ0v) is 30.1. The van der Waals surface area contributed by atoms with Crippen molar-refractivity contribution in [2.45, 2.75) is 105 Å². The van der Waals surface area contributed by atoms with Crippen LogP contribution in [0.5, 0.6) is 11.5 Å². The van der Waals surface area contributed by atoms with Crippen molar-refractivity contribution < 1.29 is 13.9 Å². The van der Waals surface area contributed by atoms with Crippen molar-refractivity contribution in [3.8, 4) is 11.5 Å². The number of nitrogens with one attached hydrogen (secondary N) is 1. The van der Waals surface area contributed by atoms with Crippen LogP contribution in [-0.4, -0.2) is 86.5 Å². The molecule has 3 aromatic rings. The van der Waals surface area contributed by atoms with Gasteiger partial charge in [0.05, 0.1) is 28.8 Å². The molecule has 11 heteroatoms. The summed E-state index contributed by atoms with van der Waals surface area (Å²) in [7, 11) is 0. The van der Waals surface area contributed by atoms with E-state index < -0.39 is 5.82 Å². The molecule has 3 fully saturated rings. The highest BCUT2D eigenvalue weighted by Gasteiger charge is 2.39. The predicted molar refractivity (Wildman–Crippen MR) is 191 cm³/mol. The van der Waals surface area contributed by atoms with Crippen molar-refractivity contribution >= 4 is 17.4 Å². The number of carbonyl (C=O) groups excluding carboxylic acids is 1. The Hall–Kier alpha value is -3.86. The molecule has 1 amide bonds. The van der Waals surface area contributed by atoms with Gasteiger partial charge in [-0.3, -0.25) is 4.79 Å². The lowest BCUT2D eigenvalue weighted by Crippen LogP contribution is -2.45. The monoisotopic (exact) mass is 672 g/mol. The minimum atomic E-state index is -0.479. The first-order valence-electron chi connectivity index (χ1n) is 18.1. The van der Waals surface area contributed by atoms with Crippen molar-refractivity contribution in [3.63, 3.8) is 0 Å². The second kappa shape index (κ2) is 14.9. The number of carbonyl (C=O) groups is 1. The number of rotatable bonds is 10. The Balaban J connectivity index is 1.03. The summed E-state index contributed by atoms with van der Waals surface area (Å²) in [6.07, 6.45) is 13.4. The Labute approximate surface area is 290 Å². The van der Waals surface area contributed by atoms with Crippen molar-refractivity contribution in [2.75, 3.05) is 42.9 Å². The molecule has 1 spiro atoms. The molecule has 0 radical (unpaired) electrons. The summed E-state index contributed by atoms with van der Waals surface area (Å²) < 4.78 is 20.8. The number of hydrogen-bond donors (Lipinski definition) is 1. The standard InChI is InChI=1S/C38H53FN8O2/c1-25(2)47(26(3)4)37(48)32-19-30(39)7-8-33(32)49-34-20-40-23-43-36(34)46-16-11-29(22-46)21-45-17-14-38(15-18-45)12-9-31(10-13-38)44-35-27(5)41-24-42-28(35)6/h7-8,19-20,23-26,29,31,44H,9-18,21-22H2,1-6H3. The molecule has 1 unspecified atom stereocenters. The molecule has 10 nitrogen and oxygen atoms in total. The van der Waals surface area contributed by atoms with Gasteiger partial charge in [0.2, 0.25) is 0 Å². The van der Waals surface area contributed by atoms with E-state index in [0.29, 0.717) is 34.7 Å². The van der Waals surface area contributed by atoms with E-state index in [1.807, 2.05) is 27.7 Å². The van der Waals surface area contributed by atoms with Crippen LogP contribution >= 0.6 is 0 Å². The van der Waals surface area contributed by atoms with Crippen molar-refractivity contribution in [1.82, 2.24) is 29.7 Å². The number of halogens is 1. The van der Waals surface area contributed by atoms with Gasteiger partial charge in [-0.1, -0.05) is 0 Å². The lowest BCUT2D eigenvalue weighted by molar-refractivity contribution is 0.0584. The third-order valence-corrected chi connectivity index (χ3v) is 11.0. The van der Waals surface area contributed by atoms with Crippen LogP contribution in [-0.2, 0) is 0 Å². The molecule has 1 aromatic carbocycles. The quantitative estimate of drug-likeness (QED) is 0.243. The normalized spacial score (nSPS) is 19.9. The minimum absolute atomic E-state index is 0.0480. The van der Waals surface area contributed by atoms with Crippen LogP contribution in [0.2, 0.25) is 0 Å². The fourth-order valence-corrected chi connectivity index (χ4v) is 8.33. The summed E-state index contributed by atoms with van der Waals surface area (Å²) >= 11 is 0. The van der Waals surface area contributed by atoms with Crippen molar-refractivity contribution in [1.29, 1.82) is 0 Å². The van der Waals surface area contributed by atoms with E-state index in [2.05, 4.69) is 48.9 Å². The lowest BCUT2D eigenvalue weighted by atomic mass is 9.67. The number of anilines is 2. The number of aryl methyl sites for hydroxylation is 2. The van der Waals surface area contributed by atoms with Crippen LogP contribution in [0.25, 0.3) is 0 Å². The molecule has 1 saturated carbocycles. The lowest BCUT2D eigenvalue weighted by Gasteiger charge is -2.46. The maximum atomic E-state index is 14.4. The van der Waals surface area contributed by atoms with Gasteiger partial charge in [0.1, 0.15) is 24.2 Å². The molecule has 1 aliphatic carbocycles. The number of benzene rings is 1. The highest BCUT2D eigenvalue weighted by atomic mass is 19.1. The van der Waals surface area contributed by atoms with Crippen LogP contribution in [0.4, 0.5) is 15.9 Å². The van der Waals surface area contributed by atoms with E-state index in [4.69, 9.17) is 4.74 Å². The summed E-state index contributed by atoms with van der Waals surface area (Å²) in [5, 5.41) is 3.76. The minimum Gasteiger partial charge on any atom is -0.451 e. The molecular formula is C38H53FN8O2. The molecule has 1 atom stereocenters. The van der Waals surface area contributed by atoms with Crippen LogP contribution in [0.3, 0.4) is 0 Å². The Bertz CT molecular complexity index is 1570. The zero-order chi connectivity index (χ0) is 34.7. The molecule has 2 aromatic heterocycles. The maximum absolute atomic E-state index is 14.4. The van der Waals surface area contributed by atoms with Gasteiger partial charge >= 0.3 is 0 Å². The molecule has 6 rings (SSSR count). The molecule has 3 aliphatic rings. The van der Waals surface area contributed by atoms with E-state index >= 15 is 0 Å². The van der Waals surface area contributed by atoms with E-state index in [-0.39, 0.29) is 23.6 Å². The number of nitrogens with zero attached hydrogens (tertiary/aromatic N) is 7. The number of piperidine rings is 1. The van der Waals surface area contributed by atoms with Crippen LogP contribution < -0.4 is 15.0 Å². The zero-order valence-electron chi connectivity index (χ0n) is 30.1. The molecule has 0 bridgehead atoms. The maximum Gasteiger partial charge on any atom is 0.258 e. The SMILES string of the molecule is Cc1ncnc(C)c1NC1CCC2(CC1)CCN(CC1CCN(c3ncncc3Oc3ccc(F)cc3C(=O)N(C(C)C)C(C)C)C1)CC2. The average molecular weight is 673 g/mol. The number of amides is 1. The van der Waals surface area contributed by atoms with Crippen LogP contribution in [0.15, 0.2) is 37.1 Å². The Morgan fingerprint density at radius 1 is 0.959 bits per heavy atom. The highest BCUT2D eigenvalue weighted by molar-refractivity contribution is 5.97. The first kappa shape index (κ1) is 35.0. The summed E-state index contributed by atoms with van der Waals surface area (Å²) in [6, 6.07) is 4.51. The third-order valence-electron chi connectivity index (χ3n) is 11.0. The Kier molecular flexibility index (Phi) is 10.7. The third kappa shape index (κ3) is 7.97. The Morgan fingerprint density at radius 2 is 1.65 bits per heavy atom. The van der Waals surface area contributed by atoms with Crippen LogP contribution in [0, 0.1) is 31.0 Å². The van der Waals surface area contributed by atoms with E-state index in [0.717, 1.165) is 56.2 Å². The molecule has 49 heavy (non-hydrogen) atoms. The summed E-state index contributed by atoms with van der Waals surface area (Å²) in [4.78, 5) is 37.9. The molecule has 264 valence electrons. The summed E-state index contributed by atoms with van der Waals surface area (Å²) in [6.45, 7) is 17.1.